The highest BCUT2D eigenvalue weighted by molar-refractivity contribution is 5.90. The summed E-state index contributed by atoms with van der Waals surface area (Å²) in [6, 6.07) is 0. The van der Waals surface area contributed by atoms with Crippen molar-refractivity contribution in [2.24, 2.45) is 5.73 Å². The molecule has 0 radical (unpaired) electrons. The summed E-state index contributed by atoms with van der Waals surface area (Å²) in [5.74, 6) is -0.527. The van der Waals surface area contributed by atoms with E-state index in [0.29, 0.717) is 18.7 Å². The van der Waals surface area contributed by atoms with Crippen molar-refractivity contribution in [3.05, 3.63) is 11.3 Å². The third-order valence-electron chi connectivity index (χ3n) is 2.18. The Balaban J connectivity index is 2.76. The Hall–Kier alpha value is -1.72. The van der Waals surface area contributed by atoms with Crippen molar-refractivity contribution in [2.45, 2.75) is 13.3 Å². The molecule has 0 saturated carbocycles. The van der Waals surface area contributed by atoms with Crippen molar-refractivity contribution in [1.82, 2.24) is 4.90 Å². The van der Waals surface area contributed by atoms with Gasteiger partial charge in [-0.15, -0.1) is 0 Å². The van der Waals surface area contributed by atoms with Crippen molar-refractivity contribution in [3.63, 3.8) is 0 Å². The van der Waals surface area contributed by atoms with Gasteiger partial charge in [-0.3, -0.25) is 0 Å². The Kier molecular flexibility index (Phi) is 3.54. The molecule has 0 bridgehead atoms. The second-order valence-corrected chi connectivity index (χ2v) is 3.18. The van der Waals surface area contributed by atoms with Crippen LogP contribution in [0.25, 0.3) is 0 Å². The van der Waals surface area contributed by atoms with Crippen LogP contribution in [0.5, 0.6) is 0 Å². The highest BCUT2D eigenvalue weighted by Gasteiger charge is 2.25. The van der Waals surface area contributed by atoms with Gasteiger partial charge in [-0.2, -0.15) is 0 Å². The molecule has 1 amide bonds. The van der Waals surface area contributed by atoms with Gasteiger partial charge in [-0.1, -0.05) is 0 Å². The number of esters is 1. The molecule has 1 rings (SSSR count). The number of hydrogen-bond donors (Lipinski definition) is 2. The zero-order valence-electron chi connectivity index (χ0n) is 8.52. The van der Waals surface area contributed by atoms with Gasteiger partial charge in [0.1, 0.15) is 0 Å². The van der Waals surface area contributed by atoms with E-state index in [0.717, 1.165) is 4.90 Å². The normalized spacial score (nSPS) is 16.5. The van der Waals surface area contributed by atoms with Crippen molar-refractivity contribution in [1.29, 1.82) is 0 Å². The van der Waals surface area contributed by atoms with E-state index < -0.39 is 12.1 Å². The van der Waals surface area contributed by atoms with Crippen LogP contribution >= 0.6 is 0 Å². The average Bonchev–Trinajstić information content (AvgIpc) is 2.18. The Labute approximate surface area is 87.3 Å². The predicted molar refractivity (Wildman–Crippen MR) is 52.1 cm³/mol. The maximum atomic E-state index is 11.4. The van der Waals surface area contributed by atoms with Crippen LogP contribution in [-0.2, 0) is 9.53 Å². The highest BCUT2D eigenvalue weighted by Crippen LogP contribution is 2.15. The molecule has 1 aliphatic heterocycles. The van der Waals surface area contributed by atoms with E-state index in [9.17, 15) is 9.59 Å². The van der Waals surface area contributed by atoms with Gasteiger partial charge in [-0.05, 0) is 6.92 Å². The maximum absolute atomic E-state index is 11.4. The van der Waals surface area contributed by atoms with Crippen LogP contribution in [-0.4, -0.2) is 41.8 Å². The molecule has 0 aromatic rings. The molecule has 6 nitrogen and oxygen atoms in total. The number of nitrogens with two attached hydrogens (primary N) is 1. The van der Waals surface area contributed by atoms with Gasteiger partial charge in [0.15, 0.2) is 0 Å². The number of carbonyl (C=O) groups is 2. The summed E-state index contributed by atoms with van der Waals surface area (Å²) in [6.07, 6.45) is -0.676. The van der Waals surface area contributed by atoms with Crippen LogP contribution in [0.2, 0.25) is 0 Å². The third-order valence-corrected chi connectivity index (χ3v) is 2.18. The summed E-state index contributed by atoms with van der Waals surface area (Å²) in [4.78, 5) is 23.2. The maximum Gasteiger partial charge on any atom is 0.407 e. The topological polar surface area (TPSA) is 92.9 Å². The van der Waals surface area contributed by atoms with E-state index in [1.165, 1.54) is 0 Å². The van der Waals surface area contributed by atoms with Gasteiger partial charge in [0.2, 0.25) is 0 Å². The van der Waals surface area contributed by atoms with Gasteiger partial charge in [-0.25, -0.2) is 9.59 Å². The number of amides is 1. The minimum Gasteiger partial charge on any atom is -0.465 e. The van der Waals surface area contributed by atoms with E-state index >= 15 is 0 Å². The SMILES string of the molecule is CCOC(=O)C1=C(N)CCN(C(=O)O)C1. The Morgan fingerprint density at radius 3 is 2.80 bits per heavy atom. The summed E-state index contributed by atoms with van der Waals surface area (Å²) in [7, 11) is 0. The minimum absolute atomic E-state index is 0.0139. The first-order valence-electron chi connectivity index (χ1n) is 4.68. The predicted octanol–water partition coefficient (Wildman–Crippen LogP) is 0.146. The van der Waals surface area contributed by atoms with Crippen LogP contribution in [0, 0.1) is 0 Å². The number of ether oxygens (including phenoxy) is 1. The number of nitrogens with zero attached hydrogens (tertiary/aromatic N) is 1. The first kappa shape index (κ1) is 11.4. The summed E-state index contributed by atoms with van der Waals surface area (Å²) in [5, 5.41) is 8.76. The Morgan fingerprint density at radius 1 is 1.60 bits per heavy atom. The lowest BCUT2D eigenvalue weighted by molar-refractivity contribution is -0.138. The lowest BCUT2D eigenvalue weighted by Gasteiger charge is -2.26. The Bertz CT molecular complexity index is 311. The van der Waals surface area contributed by atoms with Gasteiger partial charge in [0.05, 0.1) is 18.7 Å². The average molecular weight is 214 g/mol. The molecule has 0 aromatic heterocycles. The molecule has 0 saturated heterocycles. The van der Waals surface area contributed by atoms with Crippen molar-refractivity contribution >= 4 is 12.1 Å². The van der Waals surface area contributed by atoms with Gasteiger partial charge >= 0.3 is 12.1 Å². The molecular formula is C9H14N2O4. The lowest BCUT2D eigenvalue weighted by Crippen LogP contribution is -2.39. The molecule has 15 heavy (non-hydrogen) atoms. The second-order valence-electron chi connectivity index (χ2n) is 3.18. The van der Waals surface area contributed by atoms with Crippen LogP contribution in [0.1, 0.15) is 13.3 Å². The molecule has 84 valence electrons. The molecule has 3 N–H and O–H groups in total. The van der Waals surface area contributed by atoms with Crippen LogP contribution < -0.4 is 5.73 Å². The Morgan fingerprint density at radius 2 is 2.27 bits per heavy atom. The van der Waals surface area contributed by atoms with E-state index in [1.807, 2.05) is 0 Å². The van der Waals surface area contributed by atoms with E-state index in [-0.39, 0.29) is 18.7 Å². The molecule has 6 heteroatoms. The fourth-order valence-corrected chi connectivity index (χ4v) is 1.35. The van der Waals surface area contributed by atoms with Crippen molar-refractivity contribution in [3.8, 4) is 0 Å². The molecule has 1 heterocycles. The number of rotatable bonds is 2. The van der Waals surface area contributed by atoms with Crippen LogP contribution in [0.15, 0.2) is 11.3 Å². The summed E-state index contributed by atoms with van der Waals surface area (Å²) >= 11 is 0. The van der Waals surface area contributed by atoms with Gasteiger partial charge in [0.25, 0.3) is 0 Å². The van der Waals surface area contributed by atoms with Crippen molar-refractivity contribution < 1.29 is 19.4 Å². The standard InChI is InChI=1S/C9H14N2O4/c1-2-15-8(12)6-5-11(9(13)14)4-3-7(6)10/h2-5,10H2,1H3,(H,13,14). The van der Waals surface area contributed by atoms with E-state index in [4.69, 9.17) is 15.6 Å². The van der Waals surface area contributed by atoms with E-state index in [1.54, 1.807) is 6.92 Å². The molecular weight excluding hydrogens is 200 g/mol. The molecule has 0 spiro atoms. The second kappa shape index (κ2) is 4.68. The lowest BCUT2D eigenvalue weighted by atomic mass is 10.1. The smallest absolute Gasteiger partial charge is 0.407 e. The first-order chi connectivity index (χ1) is 7.06. The van der Waals surface area contributed by atoms with Gasteiger partial charge < -0.3 is 20.5 Å². The highest BCUT2D eigenvalue weighted by atomic mass is 16.5. The zero-order valence-corrected chi connectivity index (χ0v) is 8.52. The fourth-order valence-electron chi connectivity index (χ4n) is 1.35. The fraction of sp³-hybridized carbons (Fsp3) is 0.556. The third kappa shape index (κ3) is 2.61. The van der Waals surface area contributed by atoms with Crippen LogP contribution in [0.3, 0.4) is 0 Å². The van der Waals surface area contributed by atoms with Crippen molar-refractivity contribution in [2.75, 3.05) is 19.7 Å². The van der Waals surface area contributed by atoms with Crippen LogP contribution in [0.4, 0.5) is 4.79 Å². The summed E-state index contributed by atoms with van der Waals surface area (Å²) in [6.45, 7) is 2.28. The zero-order chi connectivity index (χ0) is 11.4. The molecule has 0 fully saturated rings. The monoisotopic (exact) mass is 214 g/mol. The first-order valence-corrected chi connectivity index (χ1v) is 4.68. The number of carbonyl (C=O) groups excluding carboxylic acids is 1. The molecule has 0 aromatic carbocycles. The summed E-state index contributed by atoms with van der Waals surface area (Å²) < 4.78 is 4.78. The molecule has 0 aliphatic carbocycles. The molecule has 0 unspecified atom stereocenters. The number of hydrogen-bond acceptors (Lipinski definition) is 4. The van der Waals surface area contributed by atoms with Gasteiger partial charge in [0, 0.05) is 18.7 Å². The largest absolute Gasteiger partial charge is 0.465 e. The molecule has 1 aliphatic rings. The van der Waals surface area contributed by atoms with E-state index in [2.05, 4.69) is 0 Å². The number of carboxylic acid groups (broad SMARTS) is 1. The quantitative estimate of drug-likeness (QED) is 0.638. The molecule has 0 atom stereocenters. The minimum atomic E-state index is -1.05. The summed E-state index contributed by atoms with van der Waals surface area (Å²) in [5.41, 5.74) is 6.31.